The number of nitrogens with two attached hydrogens (primary N) is 1. The van der Waals surface area contributed by atoms with Crippen molar-refractivity contribution in [1.82, 2.24) is 0 Å². The number of rotatable bonds is 4. The first-order valence-corrected chi connectivity index (χ1v) is 7.59. The van der Waals surface area contributed by atoms with Crippen LogP contribution in [0.2, 0.25) is 0 Å². The van der Waals surface area contributed by atoms with Gasteiger partial charge in [-0.25, -0.2) is 4.39 Å². The van der Waals surface area contributed by atoms with Gasteiger partial charge in [-0.3, -0.25) is 4.79 Å². The fraction of sp³-hybridized carbons (Fsp3) is 0.278. The van der Waals surface area contributed by atoms with E-state index in [9.17, 15) is 4.39 Å². The number of ether oxygens (including phenoxy) is 2. The SMILES string of the molecule is Cc1cc(Oc2ccc3c(c2)OCC3)c(CCN)cc1F.O=CO. The summed E-state index contributed by atoms with van der Waals surface area (Å²) in [5.41, 5.74) is 8.12. The Morgan fingerprint density at radius 1 is 1.38 bits per heavy atom. The molecule has 0 unspecified atom stereocenters. The summed E-state index contributed by atoms with van der Waals surface area (Å²) in [4.78, 5) is 8.36. The van der Waals surface area contributed by atoms with Crippen molar-refractivity contribution >= 4 is 6.47 Å². The van der Waals surface area contributed by atoms with Crippen LogP contribution in [0.1, 0.15) is 16.7 Å². The van der Waals surface area contributed by atoms with Gasteiger partial charge < -0.3 is 20.3 Å². The Balaban J connectivity index is 0.000000647. The molecule has 1 heterocycles. The van der Waals surface area contributed by atoms with Crippen molar-refractivity contribution in [1.29, 1.82) is 0 Å². The molecule has 0 bridgehead atoms. The van der Waals surface area contributed by atoms with Crippen molar-refractivity contribution in [2.75, 3.05) is 13.2 Å². The molecular formula is C18H20FNO4. The lowest BCUT2D eigenvalue weighted by Crippen LogP contribution is -2.05. The summed E-state index contributed by atoms with van der Waals surface area (Å²) in [6, 6.07) is 9.03. The van der Waals surface area contributed by atoms with E-state index in [0.29, 0.717) is 36.6 Å². The van der Waals surface area contributed by atoms with Crippen molar-refractivity contribution in [2.24, 2.45) is 5.73 Å². The van der Waals surface area contributed by atoms with Gasteiger partial charge in [-0.05, 0) is 54.8 Å². The molecule has 1 aliphatic rings. The molecule has 0 saturated heterocycles. The van der Waals surface area contributed by atoms with E-state index < -0.39 is 0 Å². The molecule has 0 amide bonds. The van der Waals surface area contributed by atoms with Gasteiger partial charge in [-0.1, -0.05) is 6.07 Å². The third-order valence-electron chi connectivity index (χ3n) is 3.65. The first-order valence-electron chi connectivity index (χ1n) is 7.59. The van der Waals surface area contributed by atoms with Crippen molar-refractivity contribution in [3.8, 4) is 17.2 Å². The van der Waals surface area contributed by atoms with Gasteiger partial charge in [0.15, 0.2) is 0 Å². The van der Waals surface area contributed by atoms with E-state index in [2.05, 4.69) is 0 Å². The zero-order chi connectivity index (χ0) is 17.5. The van der Waals surface area contributed by atoms with Gasteiger partial charge in [0.25, 0.3) is 6.47 Å². The van der Waals surface area contributed by atoms with Crippen LogP contribution in [0.25, 0.3) is 0 Å². The third-order valence-corrected chi connectivity index (χ3v) is 3.65. The van der Waals surface area contributed by atoms with Crippen LogP contribution >= 0.6 is 0 Å². The number of benzene rings is 2. The van der Waals surface area contributed by atoms with Crippen LogP contribution in [0.3, 0.4) is 0 Å². The molecule has 0 saturated carbocycles. The van der Waals surface area contributed by atoms with E-state index in [1.54, 1.807) is 13.0 Å². The summed E-state index contributed by atoms with van der Waals surface area (Å²) in [6.07, 6.45) is 1.51. The minimum absolute atomic E-state index is 0.233. The Bertz CT molecular complexity index is 718. The highest BCUT2D eigenvalue weighted by atomic mass is 19.1. The molecule has 0 radical (unpaired) electrons. The van der Waals surface area contributed by atoms with Gasteiger partial charge >= 0.3 is 0 Å². The van der Waals surface area contributed by atoms with Crippen LogP contribution in [-0.2, 0) is 17.6 Å². The van der Waals surface area contributed by atoms with Gasteiger partial charge in [0.05, 0.1) is 6.61 Å². The highest BCUT2D eigenvalue weighted by Gasteiger charge is 2.14. The first-order chi connectivity index (χ1) is 11.6. The number of hydrogen-bond acceptors (Lipinski definition) is 4. The Hall–Kier alpha value is -2.60. The predicted molar refractivity (Wildman–Crippen MR) is 88.3 cm³/mol. The Morgan fingerprint density at radius 2 is 2.12 bits per heavy atom. The lowest BCUT2D eigenvalue weighted by atomic mass is 10.1. The maximum Gasteiger partial charge on any atom is 0.290 e. The molecule has 0 aliphatic carbocycles. The average molecular weight is 333 g/mol. The van der Waals surface area contributed by atoms with Crippen LogP contribution in [0.15, 0.2) is 30.3 Å². The molecule has 5 nitrogen and oxygen atoms in total. The molecule has 0 spiro atoms. The number of carboxylic acid groups (broad SMARTS) is 1. The van der Waals surface area contributed by atoms with Crippen LogP contribution in [-0.4, -0.2) is 24.7 Å². The number of fused-ring (bicyclic) bond motifs is 1. The minimum atomic E-state index is -0.250. The van der Waals surface area contributed by atoms with Crippen LogP contribution in [0, 0.1) is 12.7 Å². The van der Waals surface area contributed by atoms with E-state index in [1.165, 1.54) is 11.6 Å². The summed E-state index contributed by atoms with van der Waals surface area (Å²) in [5.74, 6) is 1.98. The smallest absolute Gasteiger partial charge is 0.290 e. The molecule has 2 aromatic carbocycles. The van der Waals surface area contributed by atoms with E-state index in [4.69, 9.17) is 25.1 Å². The van der Waals surface area contributed by atoms with Gasteiger partial charge in [-0.15, -0.1) is 0 Å². The van der Waals surface area contributed by atoms with Crippen molar-refractivity contribution in [3.63, 3.8) is 0 Å². The summed E-state index contributed by atoms with van der Waals surface area (Å²) < 4.78 is 25.1. The van der Waals surface area contributed by atoms with Crippen molar-refractivity contribution in [2.45, 2.75) is 19.8 Å². The Morgan fingerprint density at radius 3 is 2.83 bits per heavy atom. The highest BCUT2D eigenvalue weighted by Crippen LogP contribution is 2.33. The maximum absolute atomic E-state index is 13.7. The number of halogens is 1. The largest absolute Gasteiger partial charge is 0.493 e. The van der Waals surface area contributed by atoms with Gasteiger partial charge in [0, 0.05) is 12.5 Å². The van der Waals surface area contributed by atoms with E-state index >= 15 is 0 Å². The molecule has 3 N–H and O–H groups in total. The van der Waals surface area contributed by atoms with Gasteiger partial charge in [0.2, 0.25) is 0 Å². The standard InChI is InChI=1S/C17H18FNO2.CH2O2/c1-11-8-17(13(4-6-19)9-15(11)18)21-14-3-2-12-5-7-20-16(12)10-14;2-1-3/h2-3,8-10H,4-7,19H2,1H3;1H,(H,2,3). The number of aryl methyl sites for hydroxylation is 1. The fourth-order valence-electron chi connectivity index (χ4n) is 2.48. The predicted octanol–water partition coefficient (Wildman–Crippen LogP) is 3.06. The molecule has 0 atom stereocenters. The molecule has 1 aliphatic heterocycles. The summed E-state index contributed by atoms with van der Waals surface area (Å²) >= 11 is 0. The monoisotopic (exact) mass is 333 g/mol. The quantitative estimate of drug-likeness (QED) is 0.841. The topological polar surface area (TPSA) is 81.8 Å². The van der Waals surface area contributed by atoms with Crippen LogP contribution < -0.4 is 15.2 Å². The Labute approximate surface area is 139 Å². The Kier molecular flexibility index (Phi) is 6.14. The van der Waals surface area contributed by atoms with E-state index in [1.807, 2.05) is 18.2 Å². The van der Waals surface area contributed by atoms with Crippen molar-refractivity contribution < 1.29 is 23.8 Å². The first kappa shape index (κ1) is 17.7. The normalized spacial score (nSPS) is 11.8. The number of hydrogen-bond donors (Lipinski definition) is 2. The minimum Gasteiger partial charge on any atom is -0.493 e. The van der Waals surface area contributed by atoms with Gasteiger partial charge in [0.1, 0.15) is 23.1 Å². The third kappa shape index (κ3) is 4.23. The lowest BCUT2D eigenvalue weighted by molar-refractivity contribution is -0.122. The van der Waals surface area contributed by atoms with Gasteiger partial charge in [-0.2, -0.15) is 0 Å². The second-order valence-electron chi connectivity index (χ2n) is 5.32. The molecule has 24 heavy (non-hydrogen) atoms. The molecule has 3 rings (SSSR count). The summed E-state index contributed by atoms with van der Waals surface area (Å²) in [7, 11) is 0. The van der Waals surface area contributed by atoms with E-state index in [0.717, 1.165) is 17.7 Å². The zero-order valence-electron chi connectivity index (χ0n) is 13.4. The second-order valence-corrected chi connectivity index (χ2v) is 5.32. The highest BCUT2D eigenvalue weighted by molar-refractivity contribution is 5.46. The van der Waals surface area contributed by atoms with Crippen molar-refractivity contribution in [3.05, 3.63) is 52.8 Å². The van der Waals surface area contributed by atoms with E-state index in [-0.39, 0.29) is 12.3 Å². The summed E-state index contributed by atoms with van der Waals surface area (Å²) in [6.45, 7) is 2.64. The average Bonchev–Trinajstić information content (AvgIpc) is 3.01. The second kappa shape index (κ2) is 8.31. The molecular weight excluding hydrogens is 313 g/mol. The van der Waals surface area contributed by atoms with Crippen LogP contribution in [0.5, 0.6) is 17.2 Å². The fourth-order valence-corrected chi connectivity index (χ4v) is 2.48. The molecule has 0 aromatic heterocycles. The molecule has 0 fully saturated rings. The zero-order valence-corrected chi connectivity index (χ0v) is 13.4. The summed E-state index contributed by atoms with van der Waals surface area (Å²) in [5, 5.41) is 6.89. The number of carbonyl (C=O) groups is 1. The molecule has 6 heteroatoms. The molecule has 2 aromatic rings. The lowest BCUT2D eigenvalue weighted by Gasteiger charge is -2.13. The molecule has 128 valence electrons. The van der Waals surface area contributed by atoms with Crippen LogP contribution in [0.4, 0.5) is 4.39 Å². The maximum atomic E-state index is 13.7.